The molecule has 0 spiro atoms. The summed E-state index contributed by atoms with van der Waals surface area (Å²) in [7, 11) is 0. The van der Waals surface area contributed by atoms with Crippen LogP contribution in [0.5, 0.6) is 0 Å². The molecule has 2 aromatic rings. The van der Waals surface area contributed by atoms with Gasteiger partial charge in [0.1, 0.15) is 0 Å². The third-order valence-corrected chi connectivity index (χ3v) is 3.14. The fourth-order valence-electron chi connectivity index (χ4n) is 2.25. The fourth-order valence-corrected chi connectivity index (χ4v) is 2.25. The summed E-state index contributed by atoms with van der Waals surface area (Å²) in [5.74, 6) is 0. The van der Waals surface area contributed by atoms with Gasteiger partial charge in [-0.25, -0.2) is 0 Å². The molecule has 0 aromatic heterocycles. The molecular weight excluding hydrogens is 210 g/mol. The molecule has 0 radical (unpaired) electrons. The highest BCUT2D eigenvalue weighted by Crippen LogP contribution is 2.51. The fraction of sp³-hybridized carbons (Fsp3) is 0.133. The van der Waals surface area contributed by atoms with Crippen LogP contribution in [0.4, 0.5) is 0 Å². The molecule has 2 nitrogen and oxygen atoms in total. The molecule has 1 aliphatic rings. The number of nitrogens with zero attached hydrogens (tertiary/aromatic N) is 1. The van der Waals surface area contributed by atoms with Crippen LogP contribution in [0.25, 0.3) is 0 Å². The Kier molecular flexibility index (Phi) is 2.21. The Bertz CT molecular complexity index is 517. The van der Waals surface area contributed by atoms with Gasteiger partial charge in [-0.15, -0.1) is 0 Å². The molecule has 1 fully saturated rings. The highest BCUT2D eigenvalue weighted by molar-refractivity contribution is 5.45. The van der Waals surface area contributed by atoms with Crippen LogP contribution in [0.3, 0.4) is 0 Å². The Labute approximate surface area is 100 Å². The second-order valence-corrected chi connectivity index (χ2v) is 4.09. The minimum atomic E-state index is -0.558. The number of hydrogen-bond acceptors (Lipinski definition) is 2. The highest BCUT2D eigenvalue weighted by atomic mass is 16.6. The number of nitriles is 1. The lowest BCUT2D eigenvalue weighted by Crippen LogP contribution is -2.13. The molecular formula is C15H11NO. The third-order valence-electron chi connectivity index (χ3n) is 3.14. The van der Waals surface area contributed by atoms with Crippen molar-refractivity contribution in [1.82, 2.24) is 0 Å². The summed E-state index contributed by atoms with van der Waals surface area (Å²) in [6.45, 7) is 0. The van der Waals surface area contributed by atoms with E-state index in [2.05, 4.69) is 6.07 Å². The molecule has 2 heteroatoms. The summed E-state index contributed by atoms with van der Waals surface area (Å²) in [5.41, 5.74) is 1.52. The minimum absolute atomic E-state index is 0.382. The van der Waals surface area contributed by atoms with Gasteiger partial charge in [0.05, 0.1) is 6.07 Å². The van der Waals surface area contributed by atoms with Crippen LogP contribution in [-0.2, 0) is 10.3 Å². The predicted octanol–water partition coefficient (Wildman–Crippen LogP) is 2.85. The molecule has 2 aromatic carbocycles. The van der Waals surface area contributed by atoms with Crippen molar-refractivity contribution in [2.45, 2.75) is 11.7 Å². The maximum absolute atomic E-state index is 9.09. The van der Waals surface area contributed by atoms with E-state index in [9.17, 15) is 0 Å². The average molecular weight is 221 g/mol. The molecule has 82 valence electrons. The van der Waals surface area contributed by atoms with Gasteiger partial charge in [0.15, 0.2) is 11.7 Å². The lowest BCUT2D eigenvalue weighted by atomic mass is 9.88. The molecule has 0 N–H and O–H groups in total. The van der Waals surface area contributed by atoms with E-state index < -0.39 is 5.60 Å². The van der Waals surface area contributed by atoms with Gasteiger partial charge >= 0.3 is 0 Å². The van der Waals surface area contributed by atoms with Crippen molar-refractivity contribution in [3.05, 3.63) is 71.8 Å². The molecule has 0 aliphatic carbocycles. The number of rotatable bonds is 2. The van der Waals surface area contributed by atoms with Gasteiger partial charge < -0.3 is 4.74 Å². The Morgan fingerprint density at radius 3 is 1.71 bits per heavy atom. The first-order valence-corrected chi connectivity index (χ1v) is 5.56. The van der Waals surface area contributed by atoms with Crippen molar-refractivity contribution < 1.29 is 4.74 Å². The monoisotopic (exact) mass is 221 g/mol. The van der Waals surface area contributed by atoms with Crippen molar-refractivity contribution in [3.8, 4) is 6.07 Å². The van der Waals surface area contributed by atoms with Gasteiger partial charge in [-0.2, -0.15) is 5.26 Å². The minimum Gasteiger partial charge on any atom is -0.340 e. The number of epoxide rings is 1. The zero-order valence-corrected chi connectivity index (χ0v) is 9.21. The zero-order chi connectivity index (χ0) is 11.7. The average Bonchev–Trinajstić information content (AvgIpc) is 3.17. The molecule has 3 rings (SSSR count). The molecule has 17 heavy (non-hydrogen) atoms. The Morgan fingerprint density at radius 2 is 1.35 bits per heavy atom. The van der Waals surface area contributed by atoms with Crippen molar-refractivity contribution in [3.63, 3.8) is 0 Å². The van der Waals surface area contributed by atoms with E-state index in [0.717, 1.165) is 11.1 Å². The van der Waals surface area contributed by atoms with Gasteiger partial charge in [-0.05, 0) is 11.1 Å². The Hall–Kier alpha value is -2.11. The quantitative estimate of drug-likeness (QED) is 0.731. The summed E-state index contributed by atoms with van der Waals surface area (Å²) in [6.07, 6.45) is -0.382. The van der Waals surface area contributed by atoms with Crippen molar-refractivity contribution in [1.29, 1.82) is 5.26 Å². The Balaban J connectivity index is 2.12. The molecule has 1 heterocycles. The van der Waals surface area contributed by atoms with E-state index >= 15 is 0 Å². The van der Waals surface area contributed by atoms with E-state index in [1.54, 1.807) is 0 Å². The van der Waals surface area contributed by atoms with Gasteiger partial charge in [0, 0.05) is 0 Å². The standard InChI is InChI=1S/C15H11NO/c16-11-14-15(17-14,12-7-3-1-4-8-12)13-9-5-2-6-10-13/h1-10,14H/t14-/m1/s1. The second kappa shape index (κ2) is 3.73. The SMILES string of the molecule is N#C[C@H]1OC1(c1ccccc1)c1ccccc1. The first kappa shape index (κ1) is 10.1. The van der Waals surface area contributed by atoms with Gasteiger partial charge in [-0.1, -0.05) is 60.7 Å². The van der Waals surface area contributed by atoms with Crippen molar-refractivity contribution >= 4 is 0 Å². The van der Waals surface area contributed by atoms with E-state index in [0.29, 0.717) is 0 Å². The molecule has 1 aliphatic heterocycles. The van der Waals surface area contributed by atoms with Crippen molar-refractivity contribution in [2.75, 3.05) is 0 Å². The van der Waals surface area contributed by atoms with Gasteiger partial charge in [-0.3, -0.25) is 0 Å². The van der Waals surface area contributed by atoms with Crippen LogP contribution >= 0.6 is 0 Å². The Morgan fingerprint density at radius 1 is 0.882 bits per heavy atom. The summed E-state index contributed by atoms with van der Waals surface area (Å²) < 4.78 is 5.66. The molecule has 0 saturated carbocycles. The van der Waals surface area contributed by atoms with Crippen LogP contribution in [0.15, 0.2) is 60.7 Å². The molecule has 0 amide bonds. The van der Waals surface area contributed by atoms with Gasteiger partial charge in [0.2, 0.25) is 0 Å². The first-order chi connectivity index (χ1) is 8.38. The van der Waals surface area contributed by atoms with Crippen LogP contribution in [-0.4, -0.2) is 6.10 Å². The molecule has 1 saturated heterocycles. The zero-order valence-electron chi connectivity index (χ0n) is 9.21. The van der Waals surface area contributed by atoms with Crippen molar-refractivity contribution in [2.24, 2.45) is 0 Å². The summed E-state index contributed by atoms with van der Waals surface area (Å²) in [4.78, 5) is 0. The van der Waals surface area contributed by atoms with E-state index in [-0.39, 0.29) is 6.10 Å². The summed E-state index contributed by atoms with van der Waals surface area (Å²) in [5, 5.41) is 9.09. The summed E-state index contributed by atoms with van der Waals surface area (Å²) in [6, 6.07) is 22.0. The third kappa shape index (κ3) is 1.44. The first-order valence-electron chi connectivity index (χ1n) is 5.56. The van der Waals surface area contributed by atoms with E-state index in [1.807, 2.05) is 60.7 Å². The largest absolute Gasteiger partial charge is 0.340 e. The lowest BCUT2D eigenvalue weighted by molar-refractivity contribution is 0.339. The van der Waals surface area contributed by atoms with Crippen LogP contribution in [0, 0.1) is 11.3 Å². The normalized spacial score (nSPS) is 20.5. The molecule has 0 bridgehead atoms. The maximum Gasteiger partial charge on any atom is 0.183 e. The maximum atomic E-state index is 9.09. The number of benzene rings is 2. The lowest BCUT2D eigenvalue weighted by Gasteiger charge is -2.12. The highest BCUT2D eigenvalue weighted by Gasteiger charge is 2.59. The predicted molar refractivity (Wildman–Crippen MR) is 64.2 cm³/mol. The van der Waals surface area contributed by atoms with Crippen LogP contribution in [0.1, 0.15) is 11.1 Å². The van der Waals surface area contributed by atoms with Gasteiger partial charge in [0.25, 0.3) is 0 Å². The molecule has 0 unspecified atom stereocenters. The second-order valence-electron chi connectivity index (χ2n) is 4.09. The van der Waals surface area contributed by atoms with Crippen LogP contribution < -0.4 is 0 Å². The van der Waals surface area contributed by atoms with E-state index in [1.165, 1.54) is 0 Å². The molecule has 1 atom stereocenters. The smallest absolute Gasteiger partial charge is 0.183 e. The number of hydrogen-bond donors (Lipinski definition) is 0. The van der Waals surface area contributed by atoms with Crippen LogP contribution in [0.2, 0.25) is 0 Å². The van der Waals surface area contributed by atoms with E-state index in [4.69, 9.17) is 10.00 Å². The summed E-state index contributed by atoms with van der Waals surface area (Å²) >= 11 is 0. The topological polar surface area (TPSA) is 36.3 Å². The number of ether oxygens (including phenoxy) is 1.